The molecule has 2 atom stereocenters. The van der Waals surface area contributed by atoms with Crippen molar-refractivity contribution < 1.29 is 9.90 Å². The molecule has 0 spiro atoms. The topological polar surface area (TPSA) is 66.3 Å². The fraction of sp³-hybridized carbons (Fsp3) is 0.667. The fourth-order valence-corrected chi connectivity index (χ4v) is 3.41. The highest BCUT2D eigenvalue weighted by Gasteiger charge is 2.36. The average molecular weight is 275 g/mol. The summed E-state index contributed by atoms with van der Waals surface area (Å²) >= 11 is 0. The molecule has 1 fully saturated rings. The van der Waals surface area contributed by atoms with Gasteiger partial charge in [0, 0.05) is 24.3 Å². The molecule has 1 aromatic heterocycles. The van der Waals surface area contributed by atoms with E-state index in [4.69, 9.17) is 0 Å². The second-order valence-corrected chi connectivity index (χ2v) is 6.01. The van der Waals surface area contributed by atoms with Crippen molar-refractivity contribution >= 4 is 11.8 Å². The monoisotopic (exact) mass is 275 g/mol. The summed E-state index contributed by atoms with van der Waals surface area (Å²) in [7, 11) is 0. The highest BCUT2D eigenvalue weighted by molar-refractivity contribution is 5.72. The highest BCUT2D eigenvalue weighted by atomic mass is 16.4. The number of rotatable bonds is 2. The second-order valence-electron chi connectivity index (χ2n) is 6.01. The summed E-state index contributed by atoms with van der Waals surface area (Å²) < 4.78 is 0. The van der Waals surface area contributed by atoms with Gasteiger partial charge in [-0.25, -0.2) is 9.97 Å². The van der Waals surface area contributed by atoms with E-state index in [0.717, 1.165) is 25.2 Å². The Hall–Kier alpha value is -1.65. The third-order valence-electron chi connectivity index (χ3n) is 4.58. The maximum Gasteiger partial charge on any atom is 0.308 e. The molecule has 0 saturated carbocycles. The third kappa shape index (κ3) is 2.37. The number of aryl methyl sites for hydroxylation is 1. The molecule has 0 bridgehead atoms. The lowest BCUT2D eigenvalue weighted by Gasteiger charge is -2.21. The SMILES string of the molecule is CC1CN(c2ncnc3c2CCCCC3)CC1C(=O)O. The average Bonchev–Trinajstić information content (AvgIpc) is 2.67. The Morgan fingerprint density at radius 1 is 1.25 bits per heavy atom. The molecule has 1 aliphatic heterocycles. The molecule has 2 heterocycles. The summed E-state index contributed by atoms with van der Waals surface area (Å²) in [6, 6.07) is 0. The van der Waals surface area contributed by atoms with E-state index < -0.39 is 5.97 Å². The zero-order chi connectivity index (χ0) is 14.1. The molecule has 0 amide bonds. The Balaban J connectivity index is 1.90. The minimum Gasteiger partial charge on any atom is -0.481 e. The van der Waals surface area contributed by atoms with E-state index in [2.05, 4.69) is 14.9 Å². The predicted octanol–water partition coefficient (Wildman–Crippen LogP) is 1.90. The highest BCUT2D eigenvalue weighted by Crippen LogP contribution is 2.32. The number of hydrogen-bond acceptors (Lipinski definition) is 4. The van der Waals surface area contributed by atoms with Gasteiger partial charge in [-0.15, -0.1) is 0 Å². The lowest BCUT2D eigenvalue weighted by atomic mass is 9.99. The van der Waals surface area contributed by atoms with Crippen LogP contribution in [-0.4, -0.2) is 34.1 Å². The number of carbonyl (C=O) groups is 1. The molecular weight excluding hydrogens is 254 g/mol. The van der Waals surface area contributed by atoms with Gasteiger partial charge < -0.3 is 10.0 Å². The summed E-state index contributed by atoms with van der Waals surface area (Å²) in [5.74, 6) is 0.169. The Kier molecular flexibility index (Phi) is 3.59. The number of hydrogen-bond donors (Lipinski definition) is 1. The van der Waals surface area contributed by atoms with Crippen LogP contribution in [0.5, 0.6) is 0 Å². The Morgan fingerprint density at radius 3 is 2.80 bits per heavy atom. The van der Waals surface area contributed by atoms with Crippen LogP contribution in [0.25, 0.3) is 0 Å². The molecule has 1 aromatic rings. The van der Waals surface area contributed by atoms with Crippen molar-refractivity contribution in [2.24, 2.45) is 11.8 Å². The minimum absolute atomic E-state index is 0.170. The first-order valence-electron chi connectivity index (χ1n) is 7.47. The van der Waals surface area contributed by atoms with Gasteiger partial charge in [0.05, 0.1) is 5.92 Å². The van der Waals surface area contributed by atoms with Gasteiger partial charge in [-0.2, -0.15) is 0 Å². The summed E-state index contributed by atoms with van der Waals surface area (Å²) in [5, 5.41) is 9.27. The van der Waals surface area contributed by atoms with Gasteiger partial charge in [-0.3, -0.25) is 4.79 Å². The molecule has 1 N–H and O–H groups in total. The smallest absolute Gasteiger partial charge is 0.308 e. The maximum absolute atomic E-state index is 11.3. The van der Waals surface area contributed by atoms with Crippen LogP contribution in [0.1, 0.15) is 37.4 Å². The van der Waals surface area contributed by atoms with Crippen LogP contribution in [0.4, 0.5) is 5.82 Å². The molecule has 5 heteroatoms. The molecule has 1 aliphatic carbocycles. The summed E-state index contributed by atoms with van der Waals surface area (Å²) in [4.78, 5) is 22.3. The number of fused-ring (bicyclic) bond motifs is 1. The first kappa shape index (κ1) is 13.3. The van der Waals surface area contributed by atoms with Crippen LogP contribution < -0.4 is 4.90 Å². The number of anilines is 1. The molecule has 3 rings (SSSR count). The number of carboxylic acids is 1. The van der Waals surface area contributed by atoms with Crippen molar-refractivity contribution in [1.29, 1.82) is 0 Å². The number of nitrogens with zero attached hydrogens (tertiary/aromatic N) is 3. The molecule has 1 saturated heterocycles. The van der Waals surface area contributed by atoms with E-state index in [1.807, 2.05) is 6.92 Å². The number of aliphatic carboxylic acids is 1. The molecule has 108 valence electrons. The second kappa shape index (κ2) is 5.38. The fourth-order valence-electron chi connectivity index (χ4n) is 3.41. The van der Waals surface area contributed by atoms with Gasteiger partial charge in [0.2, 0.25) is 0 Å². The zero-order valence-corrected chi connectivity index (χ0v) is 11.9. The van der Waals surface area contributed by atoms with E-state index in [-0.39, 0.29) is 11.8 Å². The lowest BCUT2D eigenvalue weighted by molar-refractivity contribution is -0.142. The van der Waals surface area contributed by atoms with Crippen LogP contribution in [0.2, 0.25) is 0 Å². The van der Waals surface area contributed by atoms with Crippen LogP contribution >= 0.6 is 0 Å². The third-order valence-corrected chi connectivity index (χ3v) is 4.58. The van der Waals surface area contributed by atoms with E-state index in [1.54, 1.807) is 6.33 Å². The lowest BCUT2D eigenvalue weighted by Crippen LogP contribution is -2.25. The summed E-state index contributed by atoms with van der Waals surface area (Å²) in [6.07, 6.45) is 7.30. The van der Waals surface area contributed by atoms with Crippen molar-refractivity contribution in [3.8, 4) is 0 Å². The molecule has 20 heavy (non-hydrogen) atoms. The van der Waals surface area contributed by atoms with Crippen LogP contribution in [0.15, 0.2) is 6.33 Å². The van der Waals surface area contributed by atoms with Gasteiger partial charge in [0.25, 0.3) is 0 Å². The van der Waals surface area contributed by atoms with Gasteiger partial charge in [0.15, 0.2) is 0 Å². The largest absolute Gasteiger partial charge is 0.481 e. The van der Waals surface area contributed by atoms with Crippen molar-refractivity contribution in [2.45, 2.75) is 39.0 Å². The maximum atomic E-state index is 11.3. The predicted molar refractivity (Wildman–Crippen MR) is 75.8 cm³/mol. The standard InChI is InChI=1S/C15H21N3O2/c1-10-7-18(8-12(10)15(19)20)14-11-5-3-2-4-6-13(11)16-9-17-14/h9-10,12H,2-8H2,1H3,(H,19,20). The van der Waals surface area contributed by atoms with E-state index in [1.165, 1.54) is 30.5 Å². The Morgan fingerprint density at radius 2 is 2.05 bits per heavy atom. The normalized spacial score (nSPS) is 26.1. The number of aromatic nitrogens is 2. The molecule has 2 aliphatic rings. The zero-order valence-electron chi connectivity index (χ0n) is 11.9. The summed E-state index contributed by atoms with van der Waals surface area (Å²) in [5.41, 5.74) is 2.42. The van der Waals surface area contributed by atoms with Crippen molar-refractivity contribution in [2.75, 3.05) is 18.0 Å². The van der Waals surface area contributed by atoms with Crippen molar-refractivity contribution in [3.05, 3.63) is 17.6 Å². The van der Waals surface area contributed by atoms with Gasteiger partial charge in [-0.05, 0) is 31.6 Å². The van der Waals surface area contributed by atoms with Gasteiger partial charge >= 0.3 is 5.97 Å². The van der Waals surface area contributed by atoms with Gasteiger partial charge in [0.1, 0.15) is 12.1 Å². The Labute approximate surface area is 119 Å². The molecule has 5 nitrogen and oxygen atoms in total. The summed E-state index contributed by atoms with van der Waals surface area (Å²) in [6.45, 7) is 3.36. The van der Waals surface area contributed by atoms with E-state index in [0.29, 0.717) is 6.54 Å². The van der Waals surface area contributed by atoms with Crippen LogP contribution in [0, 0.1) is 11.8 Å². The van der Waals surface area contributed by atoms with Gasteiger partial charge in [-0.1, -0.05) is 13.3 Å². The first-order chi connectivity index (χ1) is 9.66. The van der Waals surface area contributed by atoms with E-state index >= 15 is 0 Å². The van der Waals surface area contributed by atoms with Crippen LogP contribution in [0.3, 0.4) is 0 Å². The molecular formula is C15H21N3O2. The van der Waals surface area contributed by atoms with Crippen molar-refractivity contribution in [1.82, 2.24) is 9.97 Å². The molecule has 0 radical (unpaired) electrons. The molecule has 0 aromatic carbocycles. The van der Waals surface area contributed by atoms with Crippen molar-refractivity contribution in [3.63, 3.8) is 0 Å². The first-order valence-corrected chi connectivity index (χ1v) is 7.47. The van der Waals surface area contributed by atoms with E-state index in [9.17, 15) is 9.90 Å². The van der Waals surface area contributed by atoms with Crippen LogP contribution in [-0.2, 0) is 17.6 Å². The minimum atomic E-state index is -0.694. The number of carboxylic acid groups (broad SMARTS) is 1. The molecule has 2 unspecified atom stereocenters. The quantitative estimate of drug-likeness (QED) is 0.835. The Bertz CT molecular complexity index is 518.